The average Bonchev–Trinajstić information content (AvgIpc) is 2.40. The Morgan fingerprint density at radius 1 is 1.44 bits per heavy atom. The van der Waals surface area contributed by atoms with Crippen LogP contribution in [0.15, 0.2) is 24.3 Å². The predicted octanol–water partition coefficient (Wildman–Crippen LogP) is 2.59. The molecule has 0 saturated carbocycles. The number of benzene rings is 1. The minimum absolute atomic E-state index is 0.0245. The molecular formula is C14H17FO3. The maximum absolute atomic E-state index is 12.9. The van der Waals surface area contributed by atoms with Crippen LogP contribution in [0.2, 0.25) is 0 Å². The Bertz CT molecular complexity index is 400. The molecule has 1 aliphatic heterocycles. The van der Waals surface area contributed by atoms with Gasteiger partial charge in [0.05, 0.1) is 12.7 Å². The van der Waals surface area contributed by atoms with Gasteiger partial charge in [-0.2, -0.15) is 0 Å². The molecule has 0 bridgehead atoms. The Balaban J connectivity index is 1.74. The molecular weight excluding hydrogens is 235 g/mol. The third-order valence-electron chi connectivity index (χ3n) is 2.96. The monoisotopic (exact) mass is 252 g/mol. The first-order chi connectivity index (χ1) is 8.75. The van der Waals surface area contributed by atoms with Gasteiger partial charge in [0.1, 0.15) is 12.4 Å². The van der Waals surface area contributed by atoms with Crippen molar-refractivity contribution in [2.45, 2.75) is 25.4 Å². The number of Topliss-reactive ketones (excluding diaryl/α,β-unsaturated/α-hetero) is 1. The zero-order valence-corrected chi connectivity index (χ0v) is 10.2. The van der Waals surface area contributed by atoms with Crippen LogP contribution >= 0.6 is 0 Å². The molecule has 98 valence electrons. The summed E-state index contributed by atoms with van der Waals surface area (Å²) in [5.74, 6) is -0.609. The van der Waals surface area contributed by atoms with E-state index in [1.54, 1.807) is 6.07 Å². The molecule has 1 atom stereocenters. The smallest absolute Gasteiger partial charge is 0.188 e. The fraction of sp³-hybridized carbons (Fsp3) is 0.500. The standard InChI is InChI=1S/C14H17FO3/c15-12-5-3-4-11(8-12)14(16)10-17-9-13-6-1-2-7-18-13/h3-5,8,13H,1-2,6-7,9-10H2. The summed E-state index contributed by atoms with van der Waals surface area (Å²) < 4.78 is 23.7. The van der Waals surface area contributed by atoms with Crippen molar-refractivity contribution in [3.05, 3.63) is 35.6 Å². The summed E-state index contributed by atoms with van der Waals surface area (Å²) in [7, 11) is 0. The number of rotatable bonds is 5. The zero-order chi connectivity index (χ0) is 12.8. The maximum Gasteiger partial charge on any atom is 0.188 e. The molecule has 0 aromatic heterocycles. The van der Waals surface area contributed by atoms with E-state index in [0.29, 0.717) is 12.2 Å². The topological polar surface area (TPSA) is 35.5 Å². The van der Waals surface area contributed by atoms with Crippen molar-refractivity contribution in [3.8, 4) is 0 Å². The van der Waals surface area contributed by atoms with Crippen LogP contribution in [0.5, 0.6) is 0 Å². The van der Waals surface area contributed by atoms with Crippen molar-refractivity contribution < 1.29 is 18.7 Å². The summed E-state index contributed by atoms with van der Waals surface area (Å²) in [6, 6.07) is 5.65. The van der Waals surface area contributed by atoms with Gasteiger partial charge in [0.15, 0.2) is 5.78 Å². The summed E-state index contributed by atoms with van der Waals surface area (Å²) in [6.45, 7) is 1.18. The Morgan fingerprint density at radius 2 is 2.33 bits per heavy atom. The van der Waals surface area contributed by atoms with E-state index in [1.807, 2.05) is 0 Å². The highest BCUT2D eigenvalue weighted by atomic mass is 19.1. The van der Waals surface area contributed by atoms with Gasteiger partial charge in [-0.25, -0.2) is 4.39 Å². The van der Waals surface area contributed by atoms with Gasteiger partial charge in [0.25, 0.3) is 0 Å². The summed E-state index contributed by atoms with van der Waals surface area (Å²) in [5.41, 5.74) is 0.347. The quantitative estimate of drug-likeness (QED) is 0.756. The van der Waals surface area contributed by atoms with Crippen molar-refractivity contribution >= 4 is 5.78 Å². The highest BCUT2D eigenvalue weighted by molar-refractivity contribution is 5.97. The lowest BCUT2D eigenvalue weighted by atomic mass is 10.1. The van der Waals surface area contributed by atoms with E-state index in [0.717, 1.165) is 25.9 Å². The minimum Gasteiger partial charge on any atom is -0.376 e. The van der Waals surface area contributed by atoms with Crippen molar-refractivity contribution in [3.63, 3.8) is 0 Å². The van der Waals surface area contributed by atoms with Gasteiger partial charge in [-0.1, -0.05) is 12.1 Å². The van der Waals surface area contributed by atoms with Gasteiger partial charge in [-0.15, -0.1) is 0 Å². The van der Waals surface area contributed by atoms with Crippen LogP contribution in [-0.2, 0) is 9.47 Å². The summed E-state index contributed by atoms with van der Waals surface area (Å²) >= 11 is 0. The van der Waals surface area contributed by atoms with Gasteiger partial charge < -0.3 is 9.47 Å². The molecule has 0 N–H and O–H groups in total. The highest BCUT2D eigenvalue weighted by Crippen LogP contribution is 2.13. The lowest BCUT2D eigenvalue weighted by molar-refractivity contribution is -0.0370. The molecule has 2 rings (SSSR count). The van der Waals surface area contributed by atoms with E-state index >= 15 is 0 Å². The Labute approximate surface area is 106 Å². The molecule has 1 saturated heterocycles. The number of hydrogen-bond donors (Lipinski definition) is 0. The van der Waals surface area contributed by atoms with E-state index in [4.69, 9.17) is 9.47 Å². The Kier molecular flexibility index (Phi) is 4.84. The minimum atomic E-state index is -0.406. The van der Waals surface area contributed by atoms with Crippen LogP contribution in [0.3, 0.4) is 0 Å². The largest absolute Gasteiger partial charge is 0.376 e. The maximum atomic E-state index is 12.9. The van der Waals surface area contributed by atoms with Crippen LogP contribution in [0.25, 0.3) is 0 Å². The molecule has 1 fully saturated rings. The molecule has 1 aromatic rings. The molecule has 18 heavy (non-hydrogen) atoms. The molecule has 0 aliphatic carbocycles. The normalized spacial score (nSPS) is 19.7. The van der Waals surface area contributed by atoms with E-state index in [-0.39, 0.29) is 18.5 Å². The third kappa shape index (κ3) is 3.89. The van der Waals surface area contributed by atoms with Crippen LogP contribution in [0, 0.1) is 5.82 Å². The number of ketones is 1. The van der Waals surface area contributed by atoms with Crippen LogP contribution in [0.4, 0.5) is 4.39 Å². The first-order valence-corrected chi connectivity index (χ1v) is 6.24. The van der Waals surface area contributed by atoms with E-state index in [1.165, 1.54) is 18.2 Å². The molecule has 4 heteroatoms. The van der Waals surface area contributed by atoms with Crippen LogP contribution in [0.1, 0.15) is 29.6 Å². The van der Waals surface area contributed by atoms with Gasteiger partial charge in [0.2, 0.25) is 0 Å². The number of carbonyl (C=O) groups is 1. The first-order valence-electron chi connectivity index (χ1n) is 6.24. The SMILES string of the molecule is O=C(COCC1CCCCO1)c1cccc(F)c1. The lowest BCUT2D eigenvalue weighted by Crippen LogP contribution is -2.25. The zero-order valence-electron chi connectivity index (χ0n) is 10.2. The molecule has 0 radical (unpaired) electrons. The fourth-order valence-corrected chi connectivity index (χ4v) is 1.97. The van der Waals surface area contributed by atoms with E-state index in [2.05, 4.69) is 0 Å². The van der Waals surface area contributed by atoms with Gasteiger partial charge >= 0.3 is 0 Å². The van der Waals surface area contributed by atoms with Crippen molar-refractivity contribution in [1.82, 2.24) is 0 Å². The number of hydrogen-bond acceptors (Lipinski definition) is 3. The van der Waals surface area contributed by atoms with Crippen molar-refractivity contribution in [2.24, 2.45) is 0 Å². The van der Waals surface area contributed by atoms with Crippen molar-refractivity contribution in [1.29, 1.82) is 0 Å². The number of carbonyl (C=O) groups excluding carboxylic acids is 1. The second-order valence-electron chi connectivity index (χ2n) is 4.44. The summed E-state index contributed by atoms with van der Waals surface area (Å²) in [6.07, 6.45) is 3.32. The average molecular weight is 252 g/mol. The van der Waals surface area contributed by atoms with Crippen molar-refractivity contribution in [2.75, 3.05) is 19.8 Å². The van der Waals surface area contributed by atoms with E-state index < -0.39 is 5.82 Å². The number of ether oxygens (including phenoxy) is 2. The van der Waals surface area contributed by atoms with E-state index in [9.17, 15) is 9.18 Å². The molecule has 1 unspecified atom stereocenters. The second-order valence-corrected chi connectivity index (χ2v) is 4.44. The van der Waals surface area contributed by atoms with Crippen LogP contribution < -0.4 is 0 Å². The number of halogens is 1. The van der Waals surface area contributed by atoms with Gasteiger partial charge in [-0.3, -0.25) is 4.79 Å². The fourth-order valence-electron chi connectivity index (χ4n) is 1.97. The molecule has 0 amide bonds. The molecule has 1 aromatic carbocycles. The van der Waals surface area contributed by atoms with Gasteiger partial charge in [0, 0.05) is 12.2 Å². The Hall–Kier alpha value is -1.26. The second kappa shape index (κ2) is 6.61. The van der Waals surface area contributed by atoms with Gasteiger partial charge in [-0.05, 0) is 31.4 Å². The Morgan fingerprint density at radius 3 is 3.06 bits per heavy atom. The molecule has 0 spiro atoms. The molecule has 3 nitrogen and oxygen atoms in total. The molecule has 1 aliphatic rings. The molecule has 1 heterocycles. The lowest BCUT2D eigenvalue weighted by Gasteiger charge is -2.22. The third-order valence-corrected chi connectivity index (χ3v) is 2.96. The summed E-state index contributed by atoms with van der Waals surface area (Å²) in [5, 5.41) is 0. The highest BCUT2D eigenvalue weighted by Gasteiger charge is 2.15. The summed E-state index contributed by atoms with van der Waals surface area (Å²) in [4.78, 5) is 11.7. The predicted molar refractivity (Wildman–Crippen MR) is 65.1 cm³/mol. The van der Waals surface area contributed by atoms with Crippen LogP contribution in [-0.4, -0.2) is 31.7 Å². The first kappa shape index (κ1) is 13.2.